The largest absolute Gasteiger partial charge is 0.446 e. The number of carbonyl (C=O) groups excluding carboxylic acids is 2. The van der Waals surface area contributed by atoms with Gasteiger partial charge in [-0.15, -0.1) is 0 Å². The lowest BCUT2D eigenvalue weighted by atomic mass is 9.46. The minimum atomic E-state index is -0.590. The first-order chi connectivity index (χ1) is 13.8. The third kappa shape index (κ3) is 4.13. The number of amides is 2. The molecule has 6 atom stereocenters. The number of nitrogens with one attached hydrogen (secondary N) is 1. The van der Waals surface area contributed by atoms with Crippen LogP contribution in [0.5, 0.6) is 0 Å². The second kappa shape index (κ2) is 8.80. The minimum Gasteiger partial charge on any atom is -0.446 e. The zero-order valence-corrected chi connectivity index (χ0v) is 18.2. The molecule has 1 heterocycles. The summed E-state index contributed by atoms with van der Waals surface area (Å²) in [7, 11) is 0. The fourth-order valence-electron chi connectivity index (χ4n) is 6.38. The van der Waals surface area contributed by atoms with Gasteiger partial charge in [0.15, 0.2) is 0 Å². The molecule has 1 saturated heterocycles. The van der Waals surface area contributed by atoms with E-state index in [0.29, 0.717) is 25.8 Å². The van der Waals surface area contributed by atoms with Gasteiger partial charge in [-0.05, 0) is 62.7 Å². The highest BCUT2D eigenvalue weighted by Crippen LogP contribution is 2.61. The van der Waals surface area contributed by atoms with Crippen molar-refractivity contribution in [2.24, 2.45) is 22.7 Å². The molecule has 2 saturated carbocycles. The van der Waals surface area contributed by atoms with Crippen molar-refractivity contribution in [2.75, 3.05) is 26.2 Å². The molecule has 0 aromatic rings. The molecule has 0 aromatic carbocycles. The van der Waals surface area contributed by atoms with Crippen LogP contribution in [0.2, 0.25) is 0 Å². The van der Waals surface area contributed by atoms with E-state index in [4.69, 9.17) is 4.74 Å². The van der Waals surface area contributed by atoms with Gasteiger partial charge in [0.2, 0.25) is 5.91 Å². The number of nitrogens with zero attached hydrogens (tertiary/aromatic N) is 1. The van der Waals surface area contributed by atoms with Crippen LogP contribution in [0.4, 0.5) is 4.79 Å². The van der Waals surface area contributed by atoms with Gasteiger partial charge in [0.1, 0.15) is 6.10 Å². The van der Waals surface area contributed by atoms with Crippen molar-refractivity contribution in [1.82, 2.24) is 10.2 Å². The van der Waals surface area contributed by atoms with E-state index in [-0.39, 0.29) is 35.9 Å². The molecule has 3 aliphatic rings. The Morgan fingerprint density at radius 3 is 2.48 bits per heavy atom. The number of likely N-dealkylation sites (tertiary alicyclic amines) is 1. The Bertz CT molecular complexity index is 608. The van der Waals surface area contributed by atoms with Gasteiger partial charge in [-0.2, -0.15) is 0 Å². The molecule has 7 nitrogen and oxygen atoms in total. The van der Waals surface area contributed by atoms with Crippen LogP contribution >= 0.6 is 0 Å². The zero-order valence-electron chi connectivity index (χ0n) is 18.2. The van der Waals surface area contributed by atoms with Crippen molar-refractivity contribution in [1.29, 1.82) is 0 Å². The molecule has 3 fully saturated rings. The summed E-state index contributed by atoms with van der Waals surface area (Å²) in [5, 5.41) is 23.9. The van der Waals surface area contributed by atoms with Crippen molar-refractivity contribution >= 4 is 12.0 Å². The maximum atomic E-state index is 12.9. The molecule has 166 valence electrons. The van der Waals surface area contributed by atoms with Crippen LogP contribution in [0, 0.1) is 22.7 Å². The van der Waals surface area contributed by atoms with Gasteiger partial charge in [-0.1, -0.05) is 13.8 Å². The first-order valence-electron chi connectivity index (χ1n) is 11.3. The highest BCUT2D eigenvalue weighted by molar-refractivity contribution is 5.77. The maximum Gasteiger partial charge on any atom is 0.407 e. The second-order valence-electron chi connectivity index (χ2n) is 9.73. The number of hydrogen-bond acceptors (Lipinski definition) is 5. The van der Waals surface area contributed by atoms with Gasteiger partial charge < -0.3 is 25.2 Å². The molecule has 2 amide bonds. The Labute approximate surface area is 174 Å². The van der Waals surface area contributed by atoms with E-state index >= 15 is 0 Å². The number of alkyl carbamates (subject to hydrolysis) is 1. The van der Waals surface area contributed by atoms with Gasteiger partial charge in [-0.25, -0.2) is 4.79 Å². The van der Waals surface area contributed by atoms with Gasteiger partial charge in [0.25, 0.3) is 0 Å². The van der Waals surface area contributed by atoms with Crippen LogP contribution in [-0.2, 0) is 9.53 Å². The summed E-state index contributed by atoms with van der Waals surface area (Å²) >= 11 is 0. The monoisotopic (exact) mass is 410 g/mol. The number of carbonyl (C=O) groups is 2. The average Bonchev–Trinajstić information content (AvgIpc) is 3.22. The molecule has 0 unspecified atom stereocenters. The van der Waals surface area contributed by atoms with E-state index in [0.717, 1.165) is 38.8 Å². The summed E-state index contributed by atoms with van der Waals surface area (Å²) < 4.78 is 5.71. The van der Waals surface area contributed by atoms with Gasteiger partial charge in [-0.3, -0.25) is 4.79 Å². The van der Waals surface area contributed by atoms with E-state index in [2.05, 4.69) is 12.2 Å². The number of aliphatic hydroxyl groups excluding tert-OH is 2. The van der Waals surface area contributed by atoms with Crippen LogP contribution in [0.25, 0.3) is 0 Å². The van der Waals surface area contributed by atoms with E-state index in [9.17, 15) is 19.8 Å². The lowest BCUT2D eigenvalue weighted by molar-refractivity contribution is -0.187. The Balaban J connectivity index is 1.81. The predicted molar refractivity (Wildman–Crippen MR) is 109 cm³/mol. The molecule has 2 aliphatic carbocycles. The molecule has 7 heteroatoms. The number of fused-ring (bicyclic) bond motifs is 1. The van der Waals surface area contributed by atoms with E-state index in [1.807, 2.05) is 18.7 Å². The van der Waals surface area contributed by atoms with Crippen molar-refractivity contribution in [3.05, 3.63) is 0 Å². The summed E-state index contributed by atoms with van der Waals surface area (Å²) in [4.78, 5) is 26.9. The topological polar surface area (TPSA) is 99.1 Å². The summed E-state index contributed by atoms with van der Waals surface area (Å²) in [6, 6.07) is 0. The first kappa shape index (κ1) is 22.3. The van der Waals surface area contributed by atoms with E-state index in [1.165, 1.54) is 0 Å². The lowest BCUT2D eigenvalue weighted by Gasteiger charge is -2.60. The summed E-state index contributed by atoms with van der Waals surface area (Å²) in [6.45, 7) is 8.05. The molecule has 0 aromatic heterocycles. The zero-order chi connectivity index (χ0) is 21.2. The van der Waals surface area contributed by atoms with Crippen LogP contribution in [0.15, 0.2) is 0 Å². The smallest absolute Gasteiger partial charge is 0.407 e. The molecule has 3 rings (SSSR count). The van der Waals surface area contributed by atoms with Crippen molar-refractivity contribution in [3.63, 3.8) is 0 Å². The van der Waals surface area contributed by atoms with Crippen LogP contribution < -0.4 is 5.32 Å². The molecule has 1 aliphatic heterocycles. The number of aliphatic hydroxyl groups is 2. The number of rotatable bonds is 5. The van der Waals surface area contributed by atoms with Crippen LogP contribution in [-0.4, -0.2) is 65.6 Å². The highest BCUT2D eigenvalue weighted by atomic mass is 16.6. The molecule has 3 N–H and O–H groups in total. The van der Waals surface area contributed by atoms with Gasteiger partial charge in [0.05, 0.1) is 12.7 Å². The minimum absolute atomic E-state index is 0.0768. The highest BCUT2D eigenvalue weighted by Gasteiger charge is 2.60. The predicted octanol–water partition coefficient (Wildman–Crippen LogP) is 2.30. The standard InChI is InChI=1S/C22H38N2O5/c1-4-23-20(28)29-18-9-10-21(2)15(13-19(27)24-11-5-6-12-24)16(26)7-8-17(21)22(18,3)14-25/h15-18,25-26H,4-14H2,1-3H3,(H,23,28)/t15-,16-,17+,18-,21+,22+/m1/s1. The van der Waals surface area contributed by atoms with Crippen molar-refractivity contribution in [2.45, 2.75) is 77.9 Å². The van der Waals surface area contributed by atoms with E-state index < -0.39 is 17.6 Å². The number of hydrogen-bond donors (Lipinski definition) is 3. The lowest BCUT2D eigenvalue weighted by Crippen LogP contribution is -2.61. The summed E-state index contributed by atoms with van der Waals surface area (Å²) in [5.41, 5.74) is -0.862. The summed E-state index contributed by atoms with van der Waals surface area (Å²) in [6.07, 6.45) is 3.92. The van der Waals surface area contributed by atoms with Crippen LogP contribution in [0.3, 0.4) is 0 Å². The molecule has 0 spiro atoms. The third-order valence-electron chi connectivity index (χ3n) is 8.10. The van der Waals surface area contributed by atoms with Gasteiger partial charge in [0, 0.05) is 31.5 Å². The van der Waals surface area contributed by atoms with Crippen molar-refractivity contribution < 1.29 is 24.5 Å². The molecule has 29 heavy (non-hydrogen) atoms. The molecular weight excluding hydrogens is 372 g/mol. The second-order valence-corrected chi connectivity index (χ2v) is 9.73. The quantitative estimate of drug-likeness (QED) is 0.646. The Hall–Kier alpha value is -1.34. The molecule has 0 radical (unpaired) electrons. The first-order valence-corrected chi connectivity index (χ1v) is 11.3. The van der Waals surface area contributed by atoms with Crippen molar-refractivity contribution in [3.8, 4) is 0 Å². The number of ether oxygens (including phenoxy) is 1. The SMILES string of the molecule is CCNC(=O)O[C@@H]1CC[C@]2(C)[C@H](CC[C@@H](O)[C@H]2CC(=O)N2CCCC2)[C@]1(C)CO. The Morgan fingerprint density at radius 1 is 1.17 bits per heavy atom. The fraction of sp³-hybridized carbons (Fsp3) is 0.909. The summed E-state index contributed by atoms with van der Waals surface area (Å²) in [5.74, 6) is 0.0819. The molecule has 0 bridgehead atoms. The third-order valence-corrected chi connectivity index (χ3v) is 8.10. The van der Waals surface area contributed by atoms with Crippen LogP contribution in [0.1, 0.15) is 65.7 Å². The van der Waals surface area contributed by atoms with E-state index in [1.54, 1.807) is 0 Å². The maximum absolute atomic E-state index is 12.9. The Kier molecular flexibility index (Phi) is 6.78. The normalized spacial score (nSPS) is 39.7. The average molecular weight is 411 g/mol. The van der Waals surface area contributed by atoms with Gasteiger partial charge >= 0.3 is 6.09 Å². The fourth-order valence-corrected chi connectivity index (χ4v) is 6.38. The Morgan fingerprint density at radius 2 is 1.86 bits per heavy atom. The molecular formula is C22H38N2O5.